The van der Waals surface area contributed by atoms with E-state index in [9.17, 15) is 9.59 Å². The molecule has 1 fully saturated rings. The lowest BCUT2D eigenvalue weighted by Crippen LogP contribution is -2.45. The quantitative estimate of drug-likeness (QED) is 0.416. The number of rotatable bonds is 6. The molecule has 1 amide bonds. The Kier molecular flexibility index (Phi) is 7.26. The normalized spacial score (nSPS) is 15.3. The Morgan fingerprint density at radius 3 is 2.61 bits per heavy atom. The molecular weight excluding hydrogens is 452 g/mol. The molecule has 0 spiro atoms. The van der Waals surface area contributed by atoms with Gasteiger partial charge < -0.3 is 10.2 Å². The van der Waals surface area contributed by atoms with E-state index in [-0.39, 0.29) is 23.3 Å². The smallest absolute Gasteiger partial charge is 0.267 e. The molecule has 1 aliphatic rings. The third kappa shape index (κ3) is 5.03. The standard InChI is InChI=1S/C25H32N4O2S2/c1-6-28-11-9-19(10-12-28)26-21(30)14-32-25-27-23-22(17(4)18(5)33-23)24(31)29(25)20-8-7-15(2)13-16(20)3/h7-8,13,19H,6,9-12,14H2,1-5H3,(H,26,30). The number of thiophene rings is 1. The maximum atomic E-state index is 13.7. The number of aromatic nitrogens is 2. The SMILES string of the molecule is CCN1CCC(NC(=O)CSc2nc3sc(C)c(C)c3c(=O)n2-c2ccc(C)cc2C)CC1. The zero-order valence-corrected chi connectivity index (χ0v) is 21.7. The highest BCUT2D eigenvalue weighted by molar-refractivity contribution is 7.99. The van der Waals surface area contributed by atoms with Crippen LogP contribution in [0.5, 0.6) is 0 Å². The number of carbonyl (C=O) groups is 1. The van der Waals surface area contributed by atoms with Crippen molar-refractivity contribution >= 4 is 39.2 Å². The Bertz CT molecular complexity index is 1240. The van der Waals surface area contributed by atoms with Crippen LogP contribution in [0.3, 0.4) is 0 Å². The number of amides is 1. The largest absolute Gasteiger partial charge is 0.353 e. The van der Waals surface area contributed by atoms with Gasteiger partial charge in [-0.2, -0.15) is 0 Å². The topological polar surface area (TPSA) is 67.2 Å². The number of piperidine rings is 1. The maximum Gasteiger partial charge on any atom is 0.267 e. The summed E-state index contributed by atoms with van der Waals surface area (Å²) in [5.74, 6) is 0.232. The van der Waals surface area contributed by atoms with Gasteiger partial charge >= 0.3 is 0 Å². The van der Waals surface area contributed by atoms with Gasteiger partial charge in [-0.1, -0.05) is 36.4 Å². The highest BCUT2D eigenvalue weighted by Gasteiger charge is 2.22. The first-order valence-electron chi connectivity index (χ1n) is 11.5. The number of nitrogens with zero attached hydrogens (tertiary/aromatic N) is 3. The maximum absolute atomic E-state index is 13.7. The summed E-state index contributed by atoms with van der Waals surface area (Å²) in [6, 6.07) is 6.27. The van der Waals surface area contributed by atoms with Crippen molar-refractivity contribution in [1.29, 1.82) is 0 Å². The van der Waals surface area contributed by atoms with Crippen LogP contribution >= 0.6 is 23.1 Å². The van der Waals surface area contributed by atoms with E-state index in [1.165, 1.54) is 23.1 Å². The van der Waals surface area contributed by atoms with Crippen molar-refractivity contribution in [2.75, 3.05) is 25.4 Å². The van der Waals surface area contributed by atoms with Gasteiger partial charge in [0.1, 0.15) is 4.83 Å². The molecule has 1 N–H and O–H groups in total. The number of benzene rings is 1. The van der Waals surface area contributed by atoms with Crippen LogP contribution in [0.25, 0.3) is 15.9 Å². The minimum atomic E-state index is -0.0661. The van der Waals surface area contributed by atoms with E-state index in [2.05, 4.69) is 23.2 Å². The molecule has 0 atom stereocenters. The minimum Gasteiger partial charge on any atom is -0.353 e. The summed E-state index contributed by atoms with van der Waals surface area (Å²) < 4.78 is 1.69. The zero-order chi connectivity index (χ0) is 23.7. The Hall–Kier alpha value is -2.16. The van der Waals surface area contributed by atoms with Gasteiger partial charge in [-0.3, -0.25) is 14.2 Å². The summed E-state index contributed by atoms with van der Waals surface area (Å²) in [5.41, 5.74) is 3.89. The molecule has 3 heterocycles. The van der Waals surface area contributed by atoms with Gasteiger partial charge in [-0.15, -0.1) is 11.3 Å². The van der Waals surface area contributed by atoms with Gasteiger partial charge in [0.15, 0.2) is 5.16 Å². The molecule has 4 rings (SSSR count). The predicted octanol–water partition coefficient (Wildman–Crippen LogP) is 4.37. The number of likely N-dealkylation sites (tertiary alicyclic amines) is 1. The molecule has 6 nitrogen and oxygen atoms in total. The van der Waals surface area contributed by atoms with E-state index in [1.807, 2.05) is 39.8 Å². The lowest BCUT2D eigenvalue weighted by molar-refractivity contribution is -0.119. The van der Waals surface area contributed by atoms with Crippen LogP contribution in [0.2, 0.25) is 0 Å². The summed E-state index contributed by atoms with van der Waals surface area (Å²) in [4.78, 5) is 35.5. The van der Waals surface area contributed by atoms with E-state index >= 15 is 0 Å². The Morgan fingerprint density at radius 2 is 1.94 bits per heavy atom. The van der Waals surface area contributed by atoms with Crippen molar-refractivity contribution in [2.45, 2.75) is 58.7 Å². The monoisotopic (exact) mass is 484 g/mol. The van der Waals surface area contributed by atoms with Gasteiger partial charge in [-0.25, -0.2) is 4.98 Å². The van der Waals surface area contributed by atoms with Crippen molar-refractivity contribution in [3.8, 4) is 5.69 Å². The molecular formula is C25H32N4O2S2. The molecule has 0 aliphatic carbocycles. The first-order chi connectivity index (χ1) is 15.8. The summed E-state index contributed by atoms with van der Waals surface area (Å²) in [6.07, 6.45) is 1.96. The van der Waals surface area contributed by atoms with Crippen LogP contribution in [-0.4, -0.2) is 51.8 Å². The molecule has 2 aromatic heterocycles. The van der Waals surface area contributed by atoms with Gasteiger partial charge in [0.2, 0.25) is 5.91 Å². The molecule has 0 saturated carbocycles. The number of hydrogen-bond donors (Lipinski definition) is 1. The third-order valence-electron chi connectivity index (χ3n) is 6.50. The molecule has 3 aromatic rings. The highest BCUT2D eigenvalue weighted by atomic mass is 32.2. The number of fused-ring (bicyclic) bond motifs is 1. The average Bonchev–Trinajstić information content (AvgIpc) is 3.07. The lowest BCUT2D eigenvalue weighted by Gasteiger charge is -2.31. The first kappa shape index (κ1) is 24.0. The lowest BCUT2D eigenvalue weighted by atomic mass is 10.1. The fraction of sp³-hybridized carbons (Fsp3) is 0.480. The molecule has 1 aromatic carbocycles. The van der Waals surface area contributed by atoms with Crippen molar-refractivity contribution in [3.63, 3.8) is 0 Å². The van der Waals surface area contributed by atoms with Crippen LogP contribution in [0, 0.1) is 27.7 Å². The summed E-state index contributed by atoms with van der Waals surface area (Å²) in [7, 11) is 0. The molecule has 176 valence electrons. The summed E-state index contributed by atoms with van der Waals surface area (Å²) >= 11 is 2.88. The fourth-order valence-electron chi connectivity index (χ4n) is 4.43. The van der Waals surface area contributed by atoms with Gasteiger partial charge in [-0.05, 0) is 64.3 Å². The summed E-state index contributed by atoms with van der Waals surface area (Å²) in [6.45, 7) is 13.3. The Balaban J connectivity index is 1.62. The van der Waals surface area contributed by atoms with Gasteiger partial charge in [0.05, 0.1) is 16.8 Å². The van der Waals surface area contributed by atoms with Gasteiger partial charge in [0.25, 0.3) is 5.56 Å². The first-order valence-corrected chi connectivity index (χ1v) is 13.3. The predicted molar refractivity (Wildman–Crippen MR) is 138 cm³/mol. The van der Waals surface area contributed by atoms with E-state index in [4.69, 9.17) is 4.98 Å². The van der Waals surface area contributed by atoms with E-state index in [1.54, 1.807) is 4.57 Å². The molecule has 8 heteroatoms. The summed E-state index contributed by atoms with van der Waals surface area (Å²) in [5, 5.41) is 4.42. The van der Waals surface area contributed by atoms with Crippen LogP contribution < -0.4 is 10.9 Å². The van der Waals surface area contributed by atoms with E-state index in [0.717, 1.165) is 64.6 Å². The second kappa shape index (κ2) is 9.99. The minimum absolute atomic E-state index is 0.00462. The van der Waals surface area contributed by atoms with Gasteiger partial charge in [0, 0.05) is 24.0 Å². The molecule has 33 heavy (non-hydrogen) atoms. The highest BCUT2D eigenvalue weighted by Crippen LogP contribution is 2.30. The van der Waals surface area contributed by atoms with Crippen molar-refractivity contribution in [2.24, 2.45) is 0 Å². The molecule has 1 aliphatic heterocycles. The Labute approximate surface area is 203 Å². The van der Waals surface area contributed by atoms with Crippen molar-refractivity contribution in [3.05, 3.63) is 50.1 Å². The number of aryl methyl sites for hydroxylation is 4. The zero-order valence-electron chi connectivity index (χ0n) is 20.0. The fourth-order valence-corrected chi connectivity index (χ4v) is 6.32. The second-order valence-corrected chi connectivity index (χ2v) is 11.0. The van der Waals surface area contributed by atoms with Crippen LogP contribution in [-0.2, 0) is 4.79 Å². The Morgan fingerprint density at radius 1 is 1.21 bits per heavy atom. The number of thioether (sulfide) groups is 1. The van der Waals surface area contributed by atoms with E-state index < -0.39 is 0 Å². The number of hydrogen-bond acceptors (Lipinski definition) is 6. The second-order valence-electron chi connectivity index (χ2n) is 8.85. The van der Waals surface area contributed by atoms with Crippen LogP contribution in [0.15, 0.2) is 28.2 Å². The molecule has 0 bridgehead atoms. The van der Waals surface area contributed by atoms with Crippen LogP contribution in [0.4, 0.5) is 0 Å². The van der Waals surface area contributed by atoms with Crippen LogP contribution in [0.1, 0.15) is 41.3 Å². The molecule has 1 saturated heterocycles. The van der Waals surface area contributed by atoms with Crippen molar-refractivity contribution in [1.82, 2.24) is 19.8 Å². The molecule has 0 unspecified atom stereocenters. The van der Waals surface area contributed by atoms with E-state index in [0.29, 0.717) is 10.5 Å². The van der Waals surface area contributed by atoms with Crippen molar-refractivity contribution < 1.29 is 4.79 Å². The number of carbonyl (C=O) groups excluding carboxylic acids is 1. The third-order valence-corrected chi connectivity index (χ3v) is 8.54. The average molecular weight is 485 g/mol. The number of nitrogens with one attached hydrogen (secondary N) is 1. The molecule has 0 radical (unpaired) electrons.